The molecule has 0 heterocycles. The molecule has 0 saturated heterocycles. The maximum Gasteiger partial charge on any atom is 0.305 e. The van der Waals surface area contributed by atoms with Crippen molar-refractivity contribution < 1.29 is 24.5 Å². The van der Waals surface area contributed by atoms with Gasteiger partial charge in [0.2, 0.25) is 5.91 Å². The van der Waals surface area contributed by atoms with E-state index >= 15 is 0 Å². The van der Waals surface area contributed by atoms with E-state index in [-0.39, 0.29) is 18.5 Å². The third kappa shape index (κ3) is 45.7. The molecule has 0 aliphatic carbocycles. The lowest BCUT2D eigenvalue weighted by Crippen LogP contribution is -2.45. The van der Waals surface area contributed by atoms with E-state index < -0.39 is 12.1 Å². The minimum Gasteiger partial charge on any atom is -0.466 e. The Labute approximate surface area is 367 Å². The molecule has 3 N–H and O–H groups in total. The van der Waals surface area contributed by atoms with Gasteiger partial charge in [0.15, 0.2) is 0 Å². The number of ether oxygens (including phenoxy) is 1. The first-order valence-corrected chi connectivity index (χ1v) is 26.1. The summed E-state index contributed by atoms with van der Waals surface area (Å²) in [6, 6.07) is -0.556. The summed E-state index contributed by atoms with van der Waals surface area (Å²) in [6.07, 6.45) is 57.2. The Morgan fingerprint density at radius 3 is 1.25 bits per heavy atom. The van der Waals surface area contributed by atoms with Gasteiger partial charge in [0.05, 0.1) is 25.4 Å². The zero-order chi connectivity index (χ0) is 43.0. The molecule has 1 amide bonds. The number of aliphatic hydroxyl groups is 2. The molecule has 59 heavy (non-hydrogen) atoms. The average molecular weight is 832 g/mol. The standard InChI is InChI=1S/C53H101NO5/c1-3-5-7-9-11-13-15-17-23-27-31-35-39-43-47-53(58)59-48-44-40-36-32-28-24-20-18-19-22-26-30-34-38-42-46-52(57)54-50(49-55)51(56)45-41-37-33-29-25-21-16-14-12-10-8-6-4-2/h18,20,24,28,50-51,55-56H,3-17,19,21-23,25-27,29-49H2,1-2H3,(H,54,57)/b20-18-,28-24-. The van der Waals surface area contributed by atoms with E-state index in [2.05, 4.69) is 43.5 Å². The molecule has 0 saturated carbocycles. The fourth-order valence-corrected chi connectivity index (χ4v) is 7.98. The van der Waals surface area contributed by atoms with Crippen LogP contribution in [0.25, 0.3) is 0 Å². The van der Waals surface area contributed by atoms with E-state index in [4.69, 9.17) is 4.74 Å². The molecule has 2 unspecified atom stereocenters. The van der Waals surface area contributed by atoms with Gasteiger partial charge >= 0.3 is 5.97 Å². The first kappa shape index (κ1) is 57.3. The van der Waals surface area contributed by atoms with Gasteiger partial charge in [0.1, 0.15) is 0 Å². The zero-order valence-electron chi connectivity index (χ0n) is 39.5. The predicted octanol–water partition coefficient (Wildman–Crippen LogP) is 15.5. The molecule has 2 atom stereocenters. The van der Waals surface area contributed by atoms with Gasteiger partial charge in [0, 0.05) is 12.8 Å². The van der Waals surface area contributed by atoms with Crippen molar-refractivity contribution in [1.29, 1.82) is 0 Å². The predicted molar refractivity (Wildman–Crippen MR) is 255 cm³/mol. The molecule has 0 aromatic heterocycles. The van der Waals surface area contributed by atoms with Crippen molar-refractivity contribution in [2.45, 2.75) is 289 Å². The summed E-state index contributed by atoms with van der Waals surface area (Å²) in [5.41, 5.74) is 0. The van der Waals surface area contributed by atoms with Crippen LogP contribution in [0.4, 0.5) is 0 Å². The highest BCUT2D eigenvalue weighted by Crippen LogP contribution is 2.16. The largest absolute Gasteiger partial charge is 0.466 e. The first-order chi connectivity index (χ1) is 29.0. The molecule has 0 radical (unpaired) electrons. The number of amides is 1. The quantitative estimate of drug-likeness (QED) is 0.0322. The number of allylic oxidation sites excluding steroid dienone is 4. The number of rotatable bonds is 48. The molecule has 0 spiro atoms. The first-order valence-electron chi connectivity index (χ1n) is 26.1. The van der Waals surface area contributed by atoms with Gasteiger partial charge in [-0.05, 0) is 57.8 Å². The Kier molecular flexibility index (Phi) is 47.6. The Bertz CT molecular complexity index is 920. The Morgan fingerprint density at radius 1 is 0.475 bits per heavy atom. The van der Waals surface area contributed by atoms with Crippen molar-refractivity contribution in [2.75, 3.05) is 13.2 Å². The van der Waals surface area contributed by atoms with Crippen LogP contribution in [0.5, 0.6) is 0 Å². The summed E-state index contributed by atoms with van der Waals surface area (Å²) in [4.78, 5) is 24.4. The van der Waals surface area contributed by atoms with E-state index in [1.807, 2.05) is 0 Å². The van der Waals surface area contributed by atoms with Crippen molar-refractivity contribution >= 4 is 11.9 Å². The van der Waals surface area contributed by atoms with Gasteiger partial charge in [-0.3, -0.25) is 9.59 Å². The maximum atomic E-state index is 12.4. The molecular weight excluding hydrogens is 731 g/mol. The highest BCUT2D eigenvalue weighted by Gasteiger charge is 2.20. The smallest absolute Gasteiger partial charge is 0.305 e. The molecule has 0 aromatic carbocycles. The Balaban J connectivity index is 3.51. The monoisotopic (exact) mass is 832 g/mol. The lowest BCUT2D eigenvalue weighted by atomic mass is 10.0. The number of esters is 1. The van der Waals surface area contributed by atoms with Crippen molar-refractivity contribution in [1.82, 2.24) is 5.32 Å². The molecule has 6 heteroatoms. The molecule has 6 nitrogen and oxygen atoms in total. The van der Waals surface area contributed by atoms with Crippen molar-refractivity contribution in [3.05, 3.63) is 24.3 Å². The third-order valence-electron chi connectivity index (χ3n) is 12.0. The van der Waals surface area contributed by atoms with Crippen LogP contribution in [0.3, 0.4) is 0 Å². The summed E-state index contributed by atoms with van der Waals surface area (Å²) in [7, 11) is 0. The number of aliphatic hydroxyl groups excluding tert-OH is 2. The number of carbonyl (C=O) groups is 2. The lowest BCUT2D eigenvalue weighted by molar-refractivity contribution is -0.143. The second-order valence-electron chi connectivity index (χ2n) is 17.9. The minimum atomic E-state index is -0.677. The second-order valence-corrected chi connectivity index (χ2v) is 17.9. The van der Waals surface area contributed by atoms with Gasteiger partial charge in [0.25, 0.3) is 0 Å². The third-order valence-corrected chi connectivity index (χ3v) is 12.0. The summed E-state index contributed by atoms with van der Waals surface area (Å²) in [6.45, 7) is 4.90. The number of hydrogen-bond donors (Lipinski definition) is 3. The molecule has 348 valence electrons. The molecule has 0 aliphatic heterocycles. The molecule has 0 aromatic rings. The average Bonchev–Trinajstić information content (AvgIpc) is 3.24. The minimum absolute atomic E-state index is 0.0196. The van der Waals surface area contributed by atoms with Crippen LogP contribution < -0.4 is 5.32 Å². The highest BCUT2D eigenvalue weighted by atomic mass is 16.5. The summed E-state index contributed by atoms with van der Waals surface area (Å²) in [5, 5.41) is 23.2. The van der Waals surface area contributed by atoms with Gasteiger partial charge < -0.3 is 20.3 Å². The van der Waals surface area contributed by atoms with Crippen LogP contribution in [0, 0.1) is 0 Å². The molecule has 0 rings (SSSR count). The van der Waals surface area contributed by atoms with Crippen molar-refractivity contribution in [3.8, 4) is 0 Å². The van der Waals surface area contributed by atoms with E-state index in [0.29, 0.717) is 25.9 Å². The highest BCUT2D eigenvalue weighted by molar-refractivity contribution is 5.76. The summed E-state index contributed by atoms with van der Waals surface area (Å²) in [5.74, 6) is -0.0771. The van der Waals surface area contributed by atoms with Gasteiger partial charge in [-0.1, -0.05) is 231 Å². The van der Waals surface area contributed by atoms with Crippen LogP contribution in [0.15, 0.2) is 24.3 Å². The van der Waals surface area contributed by atoms with E-state index in [0.717, 1.165) is 77.0 Å². The SMILES string of the molecule is CCCCCCCCCCCCCCCCC(=O)OCCCCC/C=C\C=C/CCCCCCCCC(=O)NC(CO)C(O)CCCCCCCCCCCCCCC. The van der Waals surface area contributed by atoms with Crippen molar-refractivity contribution in [3.63, 3.8) is 0 Å². The number of hydrogen-bond acceptors (Lipinski definition) is 5. The van der Waals surface area contributed by atoms with E-state index in [1.54, 1.807) is 0 Å². The van der Waals surface area contributed by atoms with E-state index in [9.17, 15) is 19.8 Å². The summed E-state index contributed by atoms with van der Waals surface area (Å²) >= 11 is 0. The Morgan fingerprint density at radius 2 is 0.831 bits per heavy atom. The molecular formula is C53H101NO5. The lowest BCUT2D eigenvalue weighted by Gasteiger charge is -2.22. The molecule has 0 aliphatic rings. The topological polar surface area (TPSA) is 95.9 Å². The van der Waals surface area contributed by atoms with Gasteiger partial charge in [-0.2, -0.15) is 0 Å². The Hall–Kier alpha value is -1.66. The van der Waals surface area contributed by atoms with Gasteiger partial charge in [-0.15, -0.1) is 0 Å². The van der Waals surface area contributed by atoms with Crippen LogP contribution in [0.1, 0.15) is 277 Å². The van der Waals surface area contributed by atoms with E-state index in [1.165, 1.54) is 167 Å². The molecule has 0 fully saturated rings. The second kappa shape index (κ2) is 49.0. The number of unbranched alkanes of at least 4 members (excludes halogenated alkanes) is 34. The normalized spacial score (nSPS) is 12.8. The fraction of sp³-hybridized carbons (Fsp3) is 0.887. The summed E-state index contributed by atoms with van der Waals surface area (Å²) < 4.78 is 5.44. The van der Waals surface area contributed by atoms with Crippen LogP contribution >= 0.6 is 0 Å². The maximum absolute atomic E-state index is 12.4. The van der Waals surface area contributed by atoms with Crippen LogP contribution in [-0.2, 0) is 14.3 Å². The van der Waals surface area contributed by atoms with Gasteiger partial charge in [-0.25, -0.2) is 0 Å². The zero-order valence-corrected chi connectivity index (χ0v) is 39.5. The number of nitrogens with one attached hydrogen (secondary N) is 1. The van der Waals surface area contributed by atoms with Crippen LogP contribution in [0.2, 0.25) is 0 Å². The number of carbonyl (C=O) groups excluding carboxylic acids is 2. The fourth-order valence-electron chi connectivity index (χ4n) is 7.98. The molecule has 0 bridgehead atoms. The van der Waals surface area contributed by atoms with Crippen molar-refractivity contribution in [2.24, 2.45) is 0 Å². The van der Waals surface area contributed by atoms with Crippen LogP contribution in [-0.4, -0.2) is 47.4 Å².